The lowest BCUT2D eigenvalue weighted by atomic mass is 10.1. The zero-order valence-corrected chi connectivity index (χ0v) is 9.56. The number of urea groups is 1. The number of hydrogen-bond donors (Lipinski definition) is 3. The van der Waals surface area contributed by atoms with Crippen LogP contribution in [0.25, 0.3) is 0 Å². The number of amides is 2. The molecule has 0 fully saturated rings. The molecule has 16 heavy (non-hydrogen) atoms. The van der Waals surface area contributed by atoms with Crippen molar-refractivity contribution in [1.29, 1.82) is 0 Å². The van der Waals surface area contributed by atoms with Crippen LogP contribution in [0, 0.1) is 11.8 Å². The molecule has 0 spiro atoms. The van der Waals surface area contributed by atoms with Crippen LogP contribution >= 0.6 is 0 Å². The summed E-state index contributed by atoms with van der Waals surface area (Å²) in [4.78, 5) is 22.0. The number of carboxylic acids is 1. The molecule has 0 bridgehead atoms. The maximum absolute atomic E-state index is 11.4. The zero-order chi connectivity index (χ0) is 12.1. The Morgan fingerprint density at radius 1 is 1.44 bits per heavy atom. The Morgan fingerprint density at radius 3 is 2.62 bits per heavy atom. The summed E-state index contributed by atoms with van der Waals surface area (Å²) in [6.45, 7) is 4.64. The van der Waals surface area contributed by atoms with E-state index < -0.39 is 11.9 Å². The van der Waals surface area contributed by atoms with Crippen molar-refractivity contribution in [2.75, 3.05) is 6.54 Å². The highest BCUT2D eigenvalue weighted by Crippen LogP contribution is 2.17. The number of nitrogens with one attached hydrogen (secondary N) is 2. The number of carboxylic acid groups (broad SMARTS) is 1. The topological polar surface area (TPSA) is 78.4 Å². The summed E-state index contributed by atoms with van der Waals surface area (Å²) in [5.41, 5.74) is 0. The lowest BCUT2D eigenvalue weighted by molar-refractivity contribution is -0.140. The monoisotopic (exact) mass is 226 g/mol. The quantitative estimate of drug-likeness (QED) is 0.625. The number of aliphatic carboxylic acids is 1. The minimum atomic E-state index is -0.844. The largest absolute Gasteiger partial charge is 0.481 e. The molecule has 1 aliphatic carbocycles. The van der Waals surface area contributed by atoms with Gasteiger partial charge in [-0.2, -0.15) is 0 Å². The molecule has 2 atom stereocenters. The summed E-state index contributed by atoms with van der Waals surface area (Å²) in [6.07, 6.45) is 3.79. The Hall–Kier alpha value is -1.52. The fourth-order valence-corrected chi connectivity index (χ4v) is 1.51. The molecule has 0 aromatic heterocycles. The maximum atomic E-state index is 11.4. The highest BCUT2D eigenvalue weighted by molar-refractivity contribution is 5.76. The van der Waals surface area contributed by atoms with E-state index in [1.807, 2.05) is 13.8 Å². The van der Waals surface area contributed by atoms with E-state index in [9.17, 15) is 9.59 Å². The Bertz CT molecular complexity index is 300. The molecule has 5 nitrogen and oxygen atoms in total. The van der Waals surface area contributed by atoms with Gasteiger partial charge in [-0.15, -0.1) is 0 Å². The van der Waals surface area contributed by atoms with Gasteiger partial charge < -0.3 is 15.7 Å². The van der Waals surface area contributed by atoms with E-state index in [1.54, 1.807) is 12.2 Å². The van der Waals surface area contributed by atoms with Gasteiger partial charge in [0.1, 0.15) is 0 Å². The number of hydrogen-bond acceptors (Lipinski definition) is 2. The Balaban J connectivity index is 2.27. The summed E-state index contributed by atoms with van der Waals surface area (Å²) in [6, 6.07) is -0.414. The highest BCUT2D eigenvalue weighted by Gasteiger charge is 2.25. The van der Waals surface area contributed by atoms with E-state index in [4.69, 9.17) is 5.11 Å². The van der Waals surface area contributed by atoms with Crippen LogP contribution in [0.4, 0.5) is 4.79 Å². The first-order chi connectivity index (χ1) is 7.49. The van der Waals surface area contributed by atoms with Crippen LogP contribution in [0.5, 0.6) is 0 Å². The van der Waals surface area contributed by atoms with Crippen LogP contribution in [-0.4, -0.2) is 29.7 Å². The van der Waals surface area contributed by atoms with E-state index in [0.29, 0.717) is 18.9 Å². The maximum Gasteiger partial charge on any atom is 0.315 e. The fraction of sp³-hybridized carbons (Fsp3) is 0.636. The van der Waals surface area contributed by atoms with Crippen LogP contribution in [0.3, 0.4) is 0 Å². The molecule has 2 amide bonds. The van der Waals surface area contributed by atoms with Crippen molar-refractivity contribution in [1.82, 2.24) is 10.6 Å². The normalized spacial score (nSPS) is 23.4. The molecule has 0 saturated carbocycles. The fourth-order valence-electron chi connectivity index (χ4n) is 1.51. The van der Waals surface area contributed by atoms with Crippen LogP contribution in [-0.2, 0) is 4.79 Å². The molecule has 3 N–H and O–H groups in total. The minimum absolute atomic E-state index is 0.173. The van der Waals surface area contributed by atoms with Gasteiger partial charge in [0.25, 0.3) is 0 Å². The lowest BCUT2D eigenvalue weighted by Crippen LogP contribution is -2.42. The van der Waals surface area contributed by atoms with Crippen molar-refractivity contribution in [3.63, 3.8) is 0 Å². The molecule has 0 saturated heterocycles. The molecule has 0 aliphatic heterocycles. The average molecular weight is 226 g/mol. The minimum Gasteiger partial charge on any atom is -0.481 e. The Morgan fingerprint density at radius 2 is 2.12 bits per heavy atom. The lowest BCUT2D eigenvalue weighted by Gasteiger charge is -2.14. The molecule has 90 valence electrons. The van der Waals surface area contributed by atoms with Crippen LogP contribution in [0.2, 0.25) is 0 Å². The molecule has 0 aromatic carbocycles. The Kier molecular flexibility index (Phi) is 4.34. The molecular formula is C11H18N2O3. The summed E-state index contributed by atoms with van der Waals surface area (Å²) < 4.78 is 0. The van der Waals surface area contributed by atoms with Crippen LogP contribution in [0.1, 0.15) is 20.3 Å². The summed E-state index contributed by atoms with van der Waals surface area (Å²) >= 11 is 0. The van der Waals surface area contributed by atoms with Gasteiger partial charge in [0.2, 0.25) is 0 Å². The van der Waals surface area contributed by atoms with Crippen LogP contribution < -0.4 is 10.6 Å². The van der Waals surface area contributed by atoms with Gasteiger partial charge in [-0.05, 0) is 12.3 Å². The van der Waals surface area contributed by atoms with Crippen molar-refractivity contribution in [3.8, 4) is 0 Å². The average Bonchev–Trinajstić information content (AvgIpc) is 2.63. The highest BCUT2D eigenvalue weighted by atomic mass is 16.4. The second kappa shape index (κ2) is 5.53. The first-order valence-electron chi connectivity index (χ1n) is 5.44. The standard InChI is InChI=1S/C11H18N2O3/c1-7(2)6-12-11(16)13-9-4-3-8(5-9)10(14)15/h3-4,7-9H,5-6H2,1-2H3,(H,14,15)(H2,12,13,16). The third kappa shape index (κ3) is 3.92. The van der Waals surface area contributed by atoms with Crippen LogP contribution in [0.15, 0.2) is 12.2 Å². The molecule has 1 rings (SSSR count). The molecule has 1 aliphatic rings. The molecule has 2 unspecified atom stereocenters. The third-order valence-electron chi connectivity index (χ3n) is 2.39. The predicted molar refractivity (Wildman–Crippen MR) is 60.0 cm³/mol. The first kappa shape index (κ1) is 12.5. The number of carbonyl (C=O) groups is 2. The van der Waals surface area contributed by atoms with E-state index in [2.05, 4.69) is 10.6 Å². The zero-order valence-electron chi connectivity index (χ0n) is 9.56. The van der Waals surface area contributed by atoms with E-state index in [1.165, 1.54) is 0 Å². The second-order valence-corrected chi connectivity index (χ2v) is 4.42. The summed E-state index contributed by atoms with van der Waals surface area (Å²) in [5.74, 6) is -0.921. The van der Waals surface area contributed by atoms with Crippen molar-refractivity contribution >= 4 is 12.0 Å². The SMILES string of the molecule is CC(C)CNC(=O)NC1C=CC(C(=O)O)C1. The summed E-state index contributed by atoms with van der Waals surface area (Å²) in [7, 11) is 0. The van der Waals surface area contributed by atoms with Gasteiger partial charge in [0.15, 0.2) is 0 Å². The van der Waals surface area contributed by atoms with Crippen molar-refractivity contribution in [2.45, 2.75) is 26.3 Å². The van der Waals surface area contributed by atoms with Gasteiger partial charge in [-0.3, -0.25) is 4.79 Å². The third-order valence-corrected chi connectivity index (χ3v) is 2.39. The summed E-state index contributed by atoms with van der Waals surface area (Å²) in [5, 5.41) is 14.2. The van der Waals surface area contributed by atoms with E-state index >= 15 is 0 Å². The second-order valence-electron chi connectivity index (χ2n) is 4.42. The van der Waals surface area contributed by atoms with Crippen molar-refractivity contribution in [3.05, 3.63) is 12.2 Å². The van der Waals surface area contributed by atoms with Gasteiger partial charge in [0, 0.05) is 6.54 Å². The van der Waals surface area contributed by atoms with Gasteiger partial charge in [-0.1, -0.05) is 26.0 Å². The smallest absolute Gasteiger partial charge is 0.315 e. The molecule has 0 radical (unpaired) electrons. The van der Waals surface area contributed by atoms with Gasteiger partial charge in [0.05, 0.1) is 12.0 Å². The van der Waals surface area contributed by atoms with Crippen molar-refractivity contribution < 1.29 is 14.7 Å². The van der Waals surface area contributed by atoms with E-state index in [-0.39, 0.29) is 12.1 Å². The molecule has 5 heteroatoms. The van der Waals surface area contributed by atoms with E-state index in [0.717, 1.165) is 0 Å². The van der Waals surface area contributed by atoms with Crippen molar-refractivity contribution in [2.24, 2.45) is 11.8 Å². The molecule has 0 aromatic rings. The molecular weight excluding hydrogens is 208 g/mol. The number of rotatable bonds is 4. The first-order valence-corrected chi connectivity index (χ1v) is 5.44. The van der Waals surface area contributed by atoms with Gasteiger partial charge >= 0.3 is 12.0 Å². The van der Waals surface area contributed by atoms with Gasteiger partial charge in [-0.25, -0.2) is 4.79 Å². The number of carbonyl (C=O) groups excluding carboxylic acids is 1. The predicted octanol–water partition coefficient (Wildman–Crippen LogP) is 0.971. The molecule has 0 heterocycles. The Labute approximate surface area is 94.9 Å².